The van der Waals surface area contributed by atoms with Crippen molar-refractivity contribution in [3.63, 3.8) is 0 Å². The van der Waals surface area contributed by atoms with E-state index in [1.807, 2.05) is 0 Å². The molecule has 0 aliphatic carbocycles. The summed E-state index contributed by atoms with van der Waals surface area (Å²) >= 11 is 0. The van der Waals surface area contributed by atoms with Crippen molar-refractivity contribution in [3.05, 3.63) is 12.2 Å². The predicted octanol–water partition coefficient (Wildman–Crippen LogP) is 18.1. The minimum atomic E-state index is -0.656. The minimum absolute atomic E-state index is 0.0250. The van der Waals surface area contributed by atoms with Crippen LogP contribution in [0.15, 0.2) is 12.2 Å². The molecule has 0 aromatic rings. The van der Waals surface area contributed by atoms with Crippen molar-refractivity contribution in [2.45, 2.75) is 334 Å². The molecule has 0 aromatic heterocycles. The minimum Gasteiger partial charge on any atom is -0.394 e. The molecule has 0 bridgehead atoms. The highest BCUT2D eigenvalue weighted by Crippen LogP contribution is 2.18. The van der Waals surface area contributed by atoms with Crippen LogP contribution >= 0.6 is 0 Å². The Kier molecular flexibility index (Phi) is 51.7. The molecule has 3 N–H and O–H groups in total. The second-order valence-corrected chi connectivity index (χ2v) is 19.4. The molecule has 0 fully saturated rings. The monoisotopic (exact) mass is 846 g/mol. The van der Waals surface area contributed by atoms with Gasteiger partial charge < -0.3 is 15.5 Å². The number of hydrogen-bond donors (Lipinski definition) is 3. The summed E-state index contributed by atoms with van der Waals surface area (Å²) in [5.74, 6) is -0.0250. The Balaban J connectivity index is 3.41. The smallest absolute Gasteiger partial charge is 0.220 e. The summed E-state index contributed by atoms with van der Waals surface area (Å²) in [7, 11) is 0. The number of aliphatic hydroxyl groups excluding tert-OH is 2. The van der Waals surface area contributed by atoms with Crippen LogP contribution in [-0.2, 0) is 4.79 Å². The lowest BCUT2D eigenvalue weighted by atomic mass is 10.0. The Morgan fingerprint density at radius 2 is 0.633 bits per heavy atom. The van der Waals surface area contributed by atoms with E-state index < -0.39 is 12.1 Å². The number of nitrogens with one attached hydrogen (secondary N) is 1. The highest BCUT2D eigenvalue weighted by atomic mass is 16.3. The topological polar surface area (TPSA) is 69.6 Å². The first-order valence-electron chi connectivity index (χ1n) is 27.9. The van der Waals surface area contributed by atoms with Crippen molar-refractivity contribution in [1.82, 2.24) is 5.32 Å². The zero-order valence-electron chi connectivity index (χ0n) is 41.3. The van der Waals surface area contributed by atoms with Gasteiger partial charge in [0, 0.05) is 6.42 Å². The molecule has 60 heavy (non-hydrogen) atoms. The molecule has 2 atom stereocenters. The first kappa shape index (κ1) is 59.1. The molecule has 0 spiro atoms. The molecule has 4 nitrogen and oxygen atoms in total. The third-order valence-electron chi connectivity index (χ3n) is 13.3. The van der Waals surface area contributed by atoms with Gasteiger partial charge in [0.25, 0.3) is 0 Å². The normalized spacial score (nSPS) is 12.8. The molecule has 0 rings (SSSR count). The van der Waals surface area contributed by atoms with Crippen LogP contribution < -0.4 is 5.32 Å². The number of unbranched alkanes of at least 4 members (excludes halogenated alkanes) is 43. The van der Waals surface area contributed by atoms with E-state index in [9.17, 15) is 15.0 Å². The van der Waals surface area contributed by atoms with Gasteiger partial charge in [-0.1, -0.05) is 289 Å². The highest BCUT2D eigenvalue weighted by Gasteiger charge is 2.20. The van der Waals surface area contributed by atoms with Gasteiger partial charge in [0.15, 0.2) is 0 Å². The average molecular weight is 847 g/mol. The molecular formula is C56H111NO3. The van der Waals surface area contributed by atoms with Crippen LogP contribution in [0.3, 0.4) is 0 Å². The number of rotatable bonds is 52. The molecule has 0 saturated carbocycles. The van der Waals surface area contributed by atoms with E-state index in [-0.39, 0.29) is 12.5 Å². The van der Waals surface area contributed by atoms with Gasteiger partial charge in [0.2, 0.25) is 5.91 Å². The van der Waals surface area contributed by atoms with Crippen LogP contribution in [0.2, 0.25) is 0 Å². The lowest BCUT2D eigenvalue weighted by Gasteiger charge is -2.22. The number of carbonyl (C=O) groups is 1. The van der Waals surface area contributed by atoms with E-state index in [2.05, 4.69) is 31.3 Å². The van der Waals surface area contributed by atoms with Gasteiger partial charge in [-0.25, -0.2) is 0 Å². The van der Waals surface area contributed by atoms with Crippen LogP contribution in [0.25, 0.3) is 0 Å². The molecule has 1 amide bonds. The summed E-state index contributed by atoms with van der Waals surface area (Å²) in [5, 5.41) is 23.3. The van der Waals surface area contributed by atoms with Crippen molar-refractivity contribution in [3.8, 4) is 0 Å². The van der Waals surface area contributed by atoms with Gasteiger partial charge in [-0.15, -0.1) is 0 Å². The number of aliphatic hydroxyl groups is 2. The first-order chi connectivity index (χ1) is 29.7. The van der Waals surface area contributed by atoms with Gasteiger partial charge in [0.05, 0.1) is 18.8 Å². The summed E-state index contributed by atoms with van der Waals surface area (Å²) in [6.07, 6.45) is 67.7. The van der Waals surface area contributed by atoms with Crippen LogP contribution in [-0.4, -0.2) is 34.9 Å². The molecule has 358 valence electrons. The van der Waals surface area contributed by atoms with Crippen LogP contribution in [0.5, 0.6) is 0 Å². The summed E-state index contributed by atoms with van der Waals surface area (Å²) in [6.45, 7) is 4.40. The predicted molar refractivity (Wildman–Crippen MR) is 267 cm³/mol. The third-order valence-corrected chi connectivity index (χ3v) is 13.3. The van der Waals surface area contributed by atoms with E-state index in [0.29, 0.717) is 12.8 Å². The van der Waals surface area contributed by atoms with Crippen LogP contribution in [0, 0.1) is 0 Å². The van der Waals surface area contributed by atoms with Crippen molar-refractivity contribution >= 4 is 5.91 Å². The van der Waals surface area contributed by atoms with Gasteiger partial charge in [-0.3, -0.25) is 4.79 Å². The van der Waals surface area contributed by atoms with Gasteiger partial charge in [-0.2, -0.15) is 0 Å². The number of allylic oxidation sites excluding steroid dienone is 2. The maximum Gasteiger partial charge on any atom is 0.220 e. The second kappa shape index (κ2) is 52.5. The van der Waals surface area contributed by atoms with Crippen molar-refractivity contribution in [1.29, 1.82) is 0 Å². The maximum absolute atomic E-state index is 12.5. The summed E-state index contributed by atoms with van der Waals surface area (Å²) in [5.41, 5.74) is 0. The Labute approximate surface area is 377 Å². The first-order valence-corrected chi connectivity index (χ1v) is 27.9. The lowest BCUT2D eigenvalue weighted by Crippen LogP contribution is -2.45. The van der Waals surface area contributed by atoms with Crippen molar-refractivity contribution in [2.24, 2.45) is 0 Å². The fraction of sp³-hybridized carbons (Fsp3) is 0.946. The highest BCUT2D eigenvalue weighted by molar-refractivity contribution is 5.76. The SMILES string of the molecule is CCCCCCCCCCCCCC/C=C\CCCCCCCCCCCCCCCCC(=O)NC(CO)C(O)CCCCCCCCCCCCCCCCCCCC. The third kappa shape index (κ3) is 48.2. The standard InChI is InChI=1S/C56H111NO3/c1-3-5-7-9-11-13-15-17-19-21-23-24-25-26-27-28-29-30-31-32-33-34-36-38-40-42-44-46-48-50-52-56(60)57-54(53-58)55(59)51-49-47-45-43-41-39-37-35-22-20-18-16-14-12-10-8-6-4-2/h26-27,54-55,58-59H,3-25,28-53H2,1-2H3,(H,57,60)/b27-26-. The molecule has 2 unspecified atom stereocenters. The molecule has 0 aromatic carbocycles. The van der Waals surface area contributed by atoms with E-state index in [0.717, 1.165) is 25.7 Å². The quantitative estimate of drug-likeness (QED) is 0.0422. The molecule has 0 aliphatic heterocycles. The summed E-state index contributed by atoms with van der Waals surface area (Å²) in [4.78, 5) is 12.5. The van der Waals surface area contributed by atoms with Crippen LogP contribution in [0.1, 0.15) is 322 Å². The van der Waals surface area contributed by atoms with E-state index >= 15 is 0 Å². The Bertz CT molecular complexity index is 829. The molecular weight excluding hydrogens is 735 g/mol. The Morgan fingerprint density at radius 1 is 0.383 bits per heavy atom. The summed E-state index contributed by atoms with van der Waals surface area (Å²) in [6, 6.07) is -0.533. The molecule has 0 radical (unpaired) electrons. The van der Waals surface area contributed by atoms with Crippen molar-refractivity contribution < 1.29 is 15.0 Å². The zero-order chi connectivity index (χ0) is 43.5. The Morgan fingerprint density at radius 3 is 0.917 bits per heavy atom. The van der Waals surface area contributed by atoms with Gasteiger partial charge >= 0.3 is 0 Å². The van der Waals surface area contributed by atoms with Crippen LogP contribution in [0.4, 0.5) is 0 Å². The largest absolute Gasteiger partial charge is 0.394 e. The average Bonchev–Trinajstić information content (AvgIpc) is 3.25. The molecule has 0 aliphatic rings. The fourth-order valence-electron chi connectivity index (χ4n) is 9.01. The molecule has 0 saturated heterocycles. The maximum atomic E-state index is 12.5. The van der Waals surface area contributed by atoms with Gasteiger partial charge in [-0.05, 0) is 38.5 Å². The van der Waals surface area contributed by atoms with E-state index in [4.69, 9.17) is 0 Å². The van der Waals surface area contributed by atoms with Crippen molar-refractivity contribution in [2.75, 3.05) is 6.61 Å². The lowest BCUT2D eigenvalue weighted by molar-refractivity contribution is -0.123. The van der Waals surface area contributed by atoms with E-state index in [1.54, 1.807) is 0 Å². The fourth-order valence-corrected chi connectivity index (χ4v) is 9.01. The van der Waals surface area contributed by atoms with E-state index in [1.165, 1.54) is 270 Å². The number of carbonyl (C=O) groups excluding carboxylic acids is 1. The Hall–Kier alpha value is -0.870. The molecule has 4 heteroatoms. The number of hydrogen-bond acceptors (Lipinski definition) is 3. The molecule has 0 heterocycles. The number of amides is 1. The van der Waals surface area contributed by atoms with Gasteiger partial charge in [0.1, 0.15) is 0 Å². The summed E-state index contributed by atoms with van der Waals surface area (Å²) < 4.78 is 0. The zero-order valence-corrected chi connectivity index (χ0v) is 41.3. The second-order valence-electron chi connectivity index (χ2n) is 19.4.